The van der Waals surface area contributed by atoms with E-state index < -0.39 is 10.0 Å². The lowest BCUT2D eigenvalue weighted by Gasteiger charge is -2.09. The molecule has 2 amide bonds. The van der Waals surface area contributed by atoms with E-state index in [1.54, 1.807) is 36.4 Å². The molecule has 0 bridgehead atoms. The maximum absolute atomic E-state index is 12.0. The minimum atomic E-state index is -3.70. The normalized spacial score (nSPS) is 10.9. The van der Waals surface area contributed by atoms with E-state index in [1.807, 2.05) is 30.3 Å². The Bertz CT molecular complexity index is 1050. The summed E-state index contributed by atoms with van der Waals surface area (Å²) in [5, 5.41) is 10.6. The Morgan fingerprint density at radius 2 is 1.48 bits per heavy atom. The van der Waals surface area contributed by atoms with Crippen LogP contribution in [0.2, 0.25) is 0 Å². The number of hydrogen-bond donors (Lipinski definition) is 3. The number of amides is 2. The van der Waals surface area contributed by atoms with E-state index in [0.717, 1.165) is 11.3 Å². The Balaban J connectivity index is 1.44. The number of nitrogens with one attached hydrogen (secondary N) is 2. The number of para-hydroxylation sites is 1. The molecule has 3 rings (SSSR count). The lowest BCUT2D eigenvalue weighted by Crippen LogP contribution is -2.30. The molecule has 29 heavy (non-hydrogen) atoms. The second-order valence-corrected chi connectivity index (χ2v) is 7.82. The van der Waals surface area contributed by atoms with Crippen LogP contribution in [0.15, 0.2) is 83.8 Å². The molecule has 3 aromatic carbocycles. The summed E-state index contributed by atoms with van der Waals surface area (Å²) < 4.78 is 28.2. The second-order valence-electron chi connectivity index (χ2n) is 6.26. The van der Waals surface area contributed by atoms with Crippen molar-refractivity contribution in [1.29, 1.82) is 0 Å². The molecule has 0 heterocycles. The average molecular weight is 411 g/mol. The zero-order valence-corrected chi connectivity index (χ0v) is 16.4. The Labute approximate surface area is 169 Å². The van der Waals surface area contributed by atoms with Gasteiger partial charge in [-0.3, -0.25) is 0 Å². The fraction of sp³-hybridized carbons (Fsp3) is 0.0952. The lowest BCUT2D eigenvalue weighted by atomic mass is 10.1. The van der Waals surface area contributed by atoms with E-state index in [1.165, 1.54) is 12.1 Å². The van der Waals surface area contributed by atoms with Crippen LogP contribution in [0.1, 0.15) is 5.56 Å². The van der Waals surface area contributed by atoms with Gasteiger partial charge in [0.1, 0.15) is 11.5 Å². The van der Waals surface area contributed by atoms with Crippen molar-refractivity contribution in [2.75, 3.05) is 11.9 Å². The third kappa shape index (κ3) is 6.34. The van der Waals surface area contributed by atoms with Crippen molar-refractivity contribution in [2.45, 2.75) is 11.3 Å². The van der Waals surface area contributed by atoms with Crippen LogP contribution in [0.4, 0.5) is 10.5 Å². The number of nitrogens with two attached hydrogens (primary N) is 1. The zero-order valence-electron chi connectivity index (χ0n) is 15.5. The molecule has 3 aromatic rings. The highest BCUT2D eigenvalue weighted by molar-refractivity contribution is 7.89. The van der Waals surface area contributed by atoms with Gasteiger partial charge in [-0.05, 0) is 60.5 Å². The van der Waals surface area contributed by atoms with Crippen LogP contribution in [-0.4, -0.2) is 21.0 Å². The number of benzene rings is 3. The Hall–Kier alpha value is -3.36. The van der Waals surface area contributed by atoms with E-state index in [-0.39, 0.29) is 10.9 Å². The van der Waals surface area contributed by atoms with Crippen molar-refractivity contribution in [1.82, 2.24) is 5.32 Å². The number of ether oxygens (including phenoxy) is 1. The predicted molar refractivity (Wildman–Crippen MR) is 111 cm³/mol. The molecule has 0 fully saturated rings. The van der Waals surface area contributed by atoms with E-state index in [4.69, 9.17) is 9.88 Å². The number of hydrogen-bond acceptors (Lipinski definition) is 4. The number of sulfonamides is 1. The highest BCUT2D eigenvalue weighted by Crippen LogP contribution is 2.22. The van der Waals surface area contributed by atoms with Crippen molar-refractivity contribution in [3.05, 3.63) is 84.4 Å². The van der Waals surface area contributed by atoms with Gasteiger partial charge in [-0.25, -0.2) is 18.4 Å². The van der Waals surface area contributed by atoms with Gasteiger partial charge in [0.05, 0.1) is 4.90 Å². The summed E-state index contributed by atoms with van der Waals surface area (Å²) in [5.41, 5.74) is 1.53. The summed E-state index contributed by atoms with van der Waals surface area (Å²) in [5.74, 6) is 1.41. The molecule has 0 aliphatic carbocycles. The first-order chi connectivity index (χ1) is 13.9. The predicted octanol–water partition coefficient (Wildman–Crippen LogP) is 3.49. The highest BCUT2D eigenvalue weighted by Gasteiger charge is 2.07. The number of primary sulfonamides is 1. The van der Waals surface area contributed by atoms with Crippen molar-refractivity contribution in [3.8, 4) is 11.5 Å². The largest absolute Gasteiger partial charge is 0.457 e. The third-order valence-electron chi connectivity index (χ3n) is 4.04. The molecule has 0 atom stereocenters. The molecular formula is C21H21N3O4S. The number of carbonyl (C=O) groups is 1. The van der Waals surface area contributed by atoms with Gasteiger partial charge in [0.25, 0.3) is 0 Å². The van der Waals surface area contributed by atoms with Crippen molar-refractivity contribution < 1.29 is 17.9 Å². The molecule has 4 N–H and O–H groups in total. The summed E-state index contributed by atoms with van der Waals surface area (Å²) >= 11 is 0. The summed E-state index contributed by atoms with van der Waals surface area (Å²) in [6.07, 6.45) is 0.558. The molecule has 0 saturated heterocycles. The van der Waals surface area contributed by atoms with Crippen LogP contribution in [0, 0.1) is 0 Å². The van der Waals surface area contributed by atoms with Crippen LogP contribution in [0.5, 0.6) is 11.5 Å². The summed E-state index contributed by atoms with van der Waals surface area (Å²) in [4.78, 5) is 12.1. The van der Waals surface area contributed by atoms with E-state index in [9.17, 15) is 13.2 Å². The van der Waals surface area contributed by atoms with Crippen LogP contribution < -0.4 is 20.5 Å². The van der Waals surface area contributed by atoms with E-state index >= 15 is 0 Å². The Morgan fingerprint density at radius 3 is 2.10 bits per heavy atom. The Morgan fingerprint density at radius 1 is 0.862 bits per heavy atom. The molecule has 7 nitrogen and oxygen atoms in total. The maximum Gasteiger partial charge on any atom is 0.319 e. The summed E-state index contributed by atoms with van der Waals surface area (Å²) in [7, 11) is -3.70. The van der Waals surface area contributed by atoms with Gasteiger partial charge in [0, 0.05) is 12.2 Å². The summed E-state index contributed by atoms with van der Waals surface area (Å²) in [6.45, 7) is 0.399. The van der Waals surface area contributed by atoms with Crippen LogP contribution in [0.25, 0.3) is 0 Å². The van der Waals surface area contributed by atoms with Crippen molar-refractivity contribution in [3.63, 3.8) is 0 Å². The number of carbonyl (C=O) groups excluding carboxylic acids is 1. The molecule has 0 aliphatic heterocycles. The molecule has 0 unspecified atom stereocenters. The molecule has 0 aliphatic rings. The van der Waals surface area contributed by atoms with E-state index in [0.29, 0.717) is 24.4 Å². The minimum absolute atomic E-state index is 0.0617. The first-order valence-electron chi connectivity index (χ1n) is 8.90. The fourth-order valence-corrected chi connectivity index (χ4v) is 3.09. The lowest BCUT2D eigenvalue weighted by molar-refractivity contribution is 0.252. The van der Waals surface area contributed by atoms with Crippen molar-refractivity contribution >= 4 is 21.7 Å². The maximum atomic E-state index is 12.0. The molecule has 8 heteroatoms. The van der Waals surface area contributed by atoms with Gasteiger partial charge >= 0.3 is 6.03 Å². The van der Waals surface area contributed by atoms with Crippen LogP contribution in [-0.2, 0) is 16.4 Å². The van der Waals surface area contributed by atoms with Crippen molar-refractivity contribution in [2.24, 2.45) is 5.14 Å². The van der Waals surface area contributed by atoms with Gasteiger partial charge in [0.2, 0.25) is 10.0 Å². The highest BCUT2D eigenvalue weighted by atomic mass is 32.2. The first kappa shape index (κ1) is 20.4. The van der Waals surface area contributed by atoms with Gasteiger partial charge < -0.3 is 15.4 Å². The number of anilines is 1. The molecule has 0 radical (unpaired) electrons. The third-order valence-corrected chi connectivity index (χ3v) is 4.97. The molecule has 150 valence electrons. The molecule has 0 spiro atoms. The molecule has 0 saturated carbocycles. The standard InChI is InChI=1S/C21H21N3O4S/c22-29(26,27)20-12-6-16(7-13-20)14-15-23-21(25)24-17-8-10-19(11-9-17)28-18-4-2-1-3-5-18/h1-13H,14-15H2,(H2,22,26,27)(H2,23,24,25). The SMILES string of the molecule is NS(=O)(=O)c1ccc(CCNC(=O)Nc2ccc(Oc3ccccc3)cc2)cc1. The van der Waals surface area contributed by atoms with Gasteiger partial charge in [-0.15, -0.1) is 0 Å². The smallest absolute Gasteiger partial charge is 0.319 e. The van der Waals surface area contributed by atoms with Gasteiger partial charge in [-0.1, -0.05) is 30.3 Å². The van der Waals surface area contributed by atoms with Crippen LogP contribution >= 0.6 is 0 Å². The van der Waals surface area contributed by atoms with Gasteiger partial charge in [-0.2, -0.15) is 0 Å². The Kier molecular flexibility index (Phi) is 6.48. The summed E-state index contributed by atoms with van der Waals surface area (Å²) in [6, 6.07) is 22.4. The van der Waals surface area contributed by atoms with Gasteiger partial charge in [0.15, 0.2) is 0 Å². The molecular weight excluding hydrogens is 390 g/mol. The average Bonchev–Trinajstić information content (AvgIpc) is 2.70. The van der Waals surface area contributed by atoms with Crippen LogP contribution in [0.3, 0.4) is 0 Å². The fourth-order valence-electron chi connectivity index (χ4n) is 2.57. The monoisotopic (exact) mass is 411 g/mol. The minimum Gasteiger partial charge on any atom is -0.457 e. The van der Waals surface area contributed by atoms with E-state index in [2.05, 4.69) is 10.6 Å². The second kappa shape index (κ2) is 9.22. The number of rotatable bonds is 7. The first-order valence-corrected chi connectivity index (χ1v) is 10.4. The topological polar surface area (TPSA) is 111 Å². The quantitative estimate of drug-likeness (QED) is 0.553. The molecule has 0 aromatic heterocycles. The zero-order chi connectivity index (χ0) is 20.7. The number of urea groups is 1.